The molecule has 0 saturated heterocycles. The molecule has 0 aliphatic rings. The molecule has 39 heavy (non-hydrogen) atoms. The molecule has 0 aromatic rings. The van der Waals surface area contributed by atoms with Crippen LogP contribution in [0.2, 0.25) is 0 Å². The van der Waals surface area contributed by atoms with Crippen molar-refractivity contribution in [3.8, 4) is 0 Å². The van der Waals surface area contributed by atoms with Gasteiger partial charge in [-0.2, -0.15) is 0 Å². The second-order valence-electron chi connectivity index (χ2n) is 10.1. The van der Waals surface area contributed by atoms with Crippen molar-refractivity contribution in [3.05, 3.63) is 0 Å². The number of hydrogen-bond donors (Lipinski definition) is 2. The summed E-state index contributed by atoms with van der Waals surface area (Å²) in [6.07, 6.45) is 17.8. The van der Waals surface area contributed by atoms with Crippen LogP contribution in [-0.4, -0.2) is 51.9 Å². The van der Waals surface area contributed by atoms with Crippen LogP contribution in [-0.2, 0) is 32.9 Å². The van der Waals surface area contributed by atoms with Gasteiger partial charge in [0.15, 0.2) is 11.2 Å². The summed E-state index contributed by atoms with van der Waals surface area (Å²) in [5.74, 6) is -0.100. The molecule has 0 aromatic heterocycles. The number of hydrogen-bond acceptors (Lipinski definition) is 8. The summed E-state index contributed by atoms with van der Waals surface area (Å²) in [4.78, 5) is 53.1. The van der Waals surface area contributed by atoms with Crippen LogP contribution in [0.4, 0.5) is 0 Å². The highest BCUT2D eigenvalue weighted by Crippen LogP contribution is 2.35. The summed E-state index contributed by atoms with van der Waals surface area (Å²) in [5.41, 5.74) is 0. The van der Waals surface area contributed by atoms with Crippen LogP contribution < -0.4 is 0 Å². The van der Waals surface area contributed by atoms with Crippen LogP contribution in [0.5, 0.6) is 0 Å². The van der Waals surface area contributed by atoms with Gasteiger partial charge < -0.3 is 19.3 Å². The molecule has 0 amide bonds. The van der Waals surface area contributed by atoms with E-state index < -0.39 is 32.5 Å². The zero-order chi connectivity index (χ0) is 29.2. The van der Waals surface area contributed by atoms with Crippen molar-refractivity contribution in [2.75, 3.05) is 19.0 Å². The fourth-order valence-corrected chi connectivity index (χ4v) is 5.02. The zero-order valence-electron chi connectivity index (χ0n) is 24.2. The smallest absolute Gasteiger partial charge is 0.462 e. The number of ether oxygens (including phenoxy) is 2. The molecule has 0 radical (unpaired) electrons. The Bertz CT molecular complexity index is 684. The molecular formula is C28H53O9PS. The van der Waals surface area contributed by atoms with E-state index in [9.17, 15) is 18.9 Å². The number of phosphoric acid groups is 1. The predicted molar refractivity (Wildman–Crippen MR) is 155 cm³/mol. The first kappa shape index (κ1) is 38.1. The van der Waals surface area contributed by atoms with Gasteiger partial charge in [0.1, 0.15) is 6.61 Å². The summed E-state index contributed by atoms with van der Waals surface area (Å²) >= 11 is 1.35. The second kappa shape index (κ2) is 26.0. The standard InChI is InChI=1S/C28H53O9PS/c1-3-4-5-6-7-8-9-10-11-15-18-21-28(31)37-26(24-36-38(32,33)34)23-35-27(30)20-17-14-12-13-16-19-22-39-25(2)29/h26H,3-24H2,1-2H3,(H2,32,33,34)/t26-/m1/s1. The van der Waals surface area contributed by atoms with E-state index in [4.69, 9.17) is 19.3 Å². The molecule has 0 fully saturated rings. The lowest BCUT2D eigenvalue weighted by molar-refractivity contribution is -0.161. The van der Waals surface area contributed by atoms with Crippen molar-refractivity contribution in [3.63, 3.8) is 0 Å². The first-order valence-electron chi connectivity index (χ1n) is 14.8. The minimum absolute atomic E-state index is 0.142. The number of thioether (sulfide) groups is 1. The number of carbonyl (C=O) groups is 3. The molecule has 2 N–H and O–H groups in total. The predicted octanol–water partition coefficient (Wildman–Crippen LogP) is 7.26. The average molecular weight is 597 g/mol. The highest BCUT2D eigenvalue weighted by molar-refractivity contribution is 8.13. The SMILES string of the molecule is CCCCCCCCCCCCCC(=O)O[C@H](COC(=O)CCCCCCCCSC(C)=O)COP(=O)(O)O. The van der Waals surface area contributed by atoms with Gasteiger partial charge in [-0.3, -0.25) is 18.9 Å². The highest BCUT2D eigenvalue weighted by Gasteiger charge is 2.22. The number of carbonyl (C=O) groups excluding carboxylic acids is 3. The third kappa shape index (κ3) is 29.9. The fourth-order valence-electron chi connectivity index (χ4n) is 4.03. The van der Waals surface area contributed by atoms with E-state index in [0.29, 0.717) is 12.8 Å². The van der Waals surface area contributed by atoms with Crippen LogP contribution in [0.1, 0.15) is 136 Å². The normalized spacial score (nSPS) is 12.3. The fraction of sp³-hybridized carbons (Fsp3) is 0.893. The van der Waals surface area contributed by atoms with Crippen molar-refractivity contribution in [2.24, 2.45) is 0 Å². The van der Waals surface area contributed by atoms with Gasteiger partial charge >= 0.3 is 19.8 Å². The molecular weight excluding hydrogens is 543 g/mol. The Morgan fingerprint density at radius 2 is 1.15 bits per heavy atom. The summed E-state index contributed by atoms with van der Waals surface area (Å²) in [5, 5.41) is 0.142. The molecule has 9 nitrogen and oxygen atoms in total. The molecule has 0 spiro atoms. The maximum Gasteiger partial charge on any atom is 0.469 e. The summed E-state index contributed by atoms with van der Waals surface area (Å²) in [6.45, 7) is 2.93. The number of unbranched alkanes of at least 4 members (excludes halogenated alkanes) is 15. The van der Waals surface area contributed by atoms with Crippen LogP contribution >= 0.6 is 19.6 Å². The van der Waals surface area contributed by atoms with E-state index >= 15 is 0 Å². The van der Waals surface area contributed by atoms with Crippen molar-refractivity contribution < 1.29 is 42.7 Å². The molecule has 0 aliphatic carbocycles. The first-order chi connectivity index (χ1) is 18.6. The summed E-state index contributed by atoms with van der Waals surface area (Å²) in [6, 6.07) is 0. The summed E-state index contributed by atoms with van der Waals surface area (Å²) in [7, 11) is -4.75. The zero-order valence-corrected chi connectivity index (χ0v) is 26.0. The molecule has 230 valence electrons. The lowest BCUT2D eigenvalue weighted by atomic mass is 10.1. The Kier molecular flexibility index (Phi) is 25.4. The molecule has 0 unspecified atom stereocenters. The molecule has 0 saturated carbocycles. The van der Waals surface area contributed by atoms with E-state index in [2.05, 4.69) is 11.4 Å². The Labute approximate surface area is 240 Å². The molecule has 1 atom stereocenters. The van der Waals surface area contributed by atoms with Gasteiger partial charge in [-0.25, -0.2) is 4.57 Å². The molecule has 11 heteroatoms. The first-order valence-corrected chi connectivity index (χ1v) is 17.3. The third-order valence-electron chi connectivity index (χ3n) is 6.22. The van der Waals surface area contributed by atoms with E-state index in [-0.39, 0.29) is 24.6 Å². The Hall–Kier alpha value is -0.930. The van der Waals surface area contributed by atoms with Crippen molar-refractivity contribution in [1.29, 1.82) is 0 Å². The number of phosphoric ester groups is 1. The van der Waals surface area contributed by atoms with Gasteiger partial charge in [0.25, 0.3) is 0 Å². The van der Waals surface area contributed by atoms with Gasteiger partial charge in [-0.05, 0) is 19.3 Å². The maximum atomic E-state index is 12.2. The molecule has 0 bridgehead atoms. The van der Waals surface area contributed by atoms with Crippen molar-refractivity contribution in [2.45, 2.75) is 142 Å². The second-order valence-corrected chi connectivity index (χ2v) is 12.6. The van der Waals surface area contributed by atoms with E-state index in [0.717, 1.165) is 57.1 Å². The van der Waals surface area contributed by atoms with Gasteiger partial charge in [0.2, 0.25) is 0 Å². The molecule has 0 rings (SSSR count). The van der Waals surface area contributed by atoms with Crippen molar-refractivity contribution >= 4 is 36.6 Å². The maximum absolute atomic E-state index is 12.2. The Morgan fingerprint density at radius 1 is 0.692 bits per heavy atom. The summed E-state index contributed by atoms with van der Waals surface area (Å²) < 4.78 is 26.0. The number of esters is 2. The topological polar surface area (TPSA) is 136 Å². The monoisotopic (exact) mass is 596 g/mol. The van der Waals surface area contributed by atoms with Gasteiger partial charge in [-0.15, -0.1) is 0 Å². The van der Waals surface area contributed by atoms with Gasteiger partial charge in [0, 0.05) is 25.5 Å². The van der Waals surface area contributed by atoms with Crippen LogP contribution in [0.15, 0.2) is 0 Å². The minimum atomic E-state index is -4.75. The molecule has 0 heterocycles. The average Bonchev–Trinajstić information content (AvgIpc) is 2.87. The lowest BCUT2D eigenvalue weighted by Crippen LogP contribution is -2.29. The quantitative estimate of drug-likeness (QED) is 0.0566. The van der Waals surface area contributed by atoms with Gasteiger partial charge in [-0.1, -0.05) is 109 Å². The lowest BCUT2D eigenvalue weighted by Gasteiger charge is -2.18. The van der Waals surface area contributed by atoms with Crippen molar-refractivity contribution in [1.82, 2.24) is 0 Å². The van der Waals surface area contributed by atoms with E-state index in [1.807, 2.05) is 0 Å². The largest absolute Gasteiger partial charge is 0.469 e. The minimum Gasteiger partial charge on any atom is -0.462 e. The molecule has 0 aromatic carbocycles. The van der Waals surface area contributed by atoms with E-state index in [1.54, 1.807) is 6.92 Å². The van der Waals surface area contributed by atoms with Crippen LogP contribution in [0, 0.1) is 0 Å². The Morgan fingerprint density at radius 3 is 1.64 bits per heavy atom. The Balaban J connectivity index is 4.05. The van der Waals surface area contributed by atoms with E-state index in [1.165, 1.54) is 56.7 Å². The highest BCUT2D eigenvalue weighted by atomic mass is 32.2. The van der Waals surface area contributed by atoms with Crippen LogP contribution in [0.3, 0.4) is 0 Å². The third-order valence-corrected chi connectivity index (χ3v) is 7.61. The van der Waals surface area contributed by atoms with Crippen LogP contribution in [0.25, 0.3) is 0 Å². The van der Waals surface area contributed by atoms with Gasteiger partial charge in [0.05, 0.1) is 6.61 Å². The molecule has 0 aliphatic heterocycles. The number of rotatable bonds is 27.